The summed E-state index contributed by atoms with van der Waals surface area (Å²) in [7, 11) is 0. The lowest BCUT2D eigenvalue weighted by molar-refractivity contribution is -0.196. The molecule has 0 unspecified atom stereocenters. The molecule has 7 nitrogen and oxygen atoms in total. The van der Waals surface area contributed by atoms with Gasteiger partial charge in [-0.1, -0.05) is 45.4 Å². The summed E-state index contributed by atoms with van der Waals surface area (Å²) in [5.41, 5.74) is 0.400. The predicted octanol–water partition coefficient (Wildman–Crippen LogP) is 4.72. The van der Waals surface area contributed by atoms with E-state index in [9.17, 15) is 24.9 Å². The van der Waals surface area contributed by atoms with E-state index in [1.807, 2.05) is 0 Å². The van der Waals surface area contributed by atoms with Crippen molar-refractivity contribution in [3.05, 3.63) is 23.8 Å². The molecule has 0 aromatic rings. The molecule has 3 fully saturated rings. The van der Waals surface area contributed by atoms with E-state index < -0.39 is 42.0 Å². The highest BCUT2D eigenvalue weighted by Crippen LogP contribution is 2.67. The minimum Gasteiger partial charge on any atom is -0.459 e. The number of hydrogen-bond acceptors (Lipinski definition) is 7. The number of carbonyl (C=O) groups is 2. The van der Waals surface area contributed by atoms with Gasteiger partial charge in [-0.25, -0.2) is 0 Å². The second-order valence-electron chi connectivity index (χ2n) is 14.0. The highest BCUT2D eigenvalue weighted by molar-refractivity contribution is 5.67. The number of esters is 2. The van der Waals surface area contributed by atoms with Crippen LogP contribution in [0.5, 0.6) is 0 Å². The fourth-order valence-corrected chi connectivity index (χ4v) is 9.13. The second kappa shape index (κ2) is 10.6. The van der Waals surface area contributed by atoms with Crippen LogP contribution >= 0.6 is 0 Å². The molecule has 4 rings (SSSR count). The van der Waals surface area contributed by atoms with Crippen LogP contribution in [0.15, 0.2) is 23.8 Å². The summed E-state index contributed by atoms with van der Waals surface area (Å²) in [6.07, 6.45) is 4.17. The van der Waals surface area contributed by atoms with Gasteiger partial charge in [0.25, 0.3) is 0 Å². The topological polar surface area (TPSA) is 113 Å². The van der Waals surface area contributed by atoms with Gasteiger partial charge in [-0.2, -0.15) is 0 Å². The zero-order valence-corrected chi connectivity index (χ0v) is 24.9. The average molecular weight is 547 g/mol. The molecule has 0 bridgehead atoms. The van der Waals surface area contributed by atoms with E-state index in [0.29, 0.717) is 12.8 Å². The van der Waals surface area contributed by atoms with E-state index in [1.54, 1.807) is 6.92 Å². The molecule has 39 heavy (non-hydrogen) atoms. The van der Waals surface area contributed by atoms with Crippen molar-refractivity contribution in [2.24, 2.45) is 40.4 Å². The summed E-state index contributed by atoms with van der Waals surface area (Å²) in [4.78, 5) is 24.3. The van der Waals surface area contributed by atoms with E-state index in [1.165, 1.54) is 19.4 Å². The molecule has 0 spiro atoms. The lowest BCUT2D eigenvalue weighted by Gasteiger charge is -2.60. The third-order valence-corrected chi connectivity index (χ3v) is 11.3. The summed E-state index contributed by atoms with van der Waals surface area (Å²) in [5.74, 6) is -0.658. The van der Waals surface area contributed by atoms with Crippen molar-refractivity contribution in [3.63, 3.8) is 0 Å². The summed E-state index contributed by atoms with van der Waals surface area (Å²) in [6, 6.07) is 0. The number of carbonyl (C=O) groups excluding carboxylic acids is 2. The van der Waals surface area contributed by atoms with Gasteiger partial charge < -0.3 is 24.8 Å². The number of ether oxygens (including phenoxy) is 2. The molecule has 11 atom stereocenters. The van der Waals surface area contributed by atoms with Crippen molar-refractivity contribution >= 4 is 11.9 Å². The third-order valence-electron chi connectivity index (χ3n) is 11.3. The minimum atomic E-state index is -1.26. The highest BCUT2D eigenvalue weighted by Gasteiger charge is 2.64. The molecule has 0 saturated heterocycles. The second-order valence-corrected chi connectivity index (χ2v) is 14.0. The van der Waals surface area contributed by atoms with Gasteiger partial charge in [0.2, 0.25) is 0 Å². The maximum atomic E-state index is 12.3. The Morgan fingerprint density at radius 3 is 2.23 bits per heavy atom. The van der Waals surface area contributed by atoms with Crippen LogP contribution in [-0.4, -0.2) is 57.3 Å². The maximum Gasteiger partial charge on any atom is 0.303 e. The summed E-state index contributed by atoms with van der Waals surface area (Å²) < 4.78 is 11.6. The van der Waals surface area contributed by atoms with Crippen molar-refractivity contribution in [3.8, 4) is 0 Å². The number of rotatable bonds is 7. The molecule has 0 radical (unpaired) electrons. The number of allylic oxidation sites excluding steroid dienone is 1. The molecule has 0 heterocycles. The fraction of sp³-hybridized carbons (Fsp3) is 0.812. The Morgan fingerprint density at radius 1 is 1.05 bits per heavy atom. The molecule has 7 heteroatoms. The van der Waals surface area contributed by atoms with Crippen molar-refractivity contribution in [2.75, 3.05) is 0 Å². The van der Waals surface area contributed by atoms with Gasteiger partial charge in [-0.15, -0.1) is 0 Å². The van der Waals surface area contributed by atoms with Gasteiger partial charge in [0.05, 0.1) is 17.8 Å². The van der Waals surface area contributed by atoms with E-state index in [4.69, 9.17) is 9.47 Å². The molecular formula is C32H50O7. The molecule has 0 aliphatic heterocycles. The van der Waals surface area contributed by atoms with Crippen LogP contribution in [0.1, 0.15) is 93.4 Å². The van der Waals surface area contributed by atoms with Crippen molar-refractivity contribution in [2.45, 2.75) is 123 Å². The first kappa shape index (κ1) is 30.3. The number of fused-ring (bicyclic) bond motifs is 5. The SMILES string of the molecule is C=C(C[C@H](O)[C@](C)(O)[C@H]1CC[C@H]2C3=C[C@H](OC(C)=O)[C@H]4[C@@H](OC(C)=O)[C@@H](O)CC[C@]4(C)[C@H]3CC[C@]12C)C(C)C. The van der Waals surface area contributed by atoms with Gasteiger partial charge in [0.1, 0.15) is 12.2 Å². The van der Waals surface area contributed by atoms with Crippen LogP contribution in [0.3, 0.4) is 0 Å². The first-order valence-electron chi connectivity index (χ1n) is 14.9. The molecule has 4 aliphatic rings. The Hall–Kier alpha value is -1.70. The zero-order chi connectivity index (χ0) is 29.1. The van der Waals surface area contributed by atoms with Crippen molar-refractivity contribution in [1.29, 1.82) is 0 Å². The Bertz CT molecular complexity index is 1010. The summed E-state index contributed by atoms with van der Waals surface area (Å²) in [6.45, 7) is 17.2. The highest BCUT2D eigenvalue weighted by atomic mass is 16.6. The maximum absolute atomic E-state index is 12.3. The predicted molar refractivity (Wildman–Crippen MR) is 148 cm³/mol. The lowest BCUT2D eigenvalue weighted by Crippen LogP contribution is -2.61. The molecular weight excluding hydrogens is 496 g/mol. The Balaban J connectivity index is 1.71. The molecule has 0 amide bonds. The van der Waals surface area contributed by atoms with Gasteiger partial charge >= 0.3 is 11.9 Å². The van der Waals surface area contributed by atoms with Crippen LogP contribution < -0.4 is 0 Å². The summed E-state index contributed by atoms with van der Waals surface area (Å²) >= 11 is 0. The molecule has 0 aromatic carbocycles. The largest absolute Gasteiger partial charge is 0.459 e. The van der Waals surface area contributed by atoms with E-state index >= 15 is 0 Å². The average Bonchev–Trinajstić information content (AvgIpc) is 3.18. The van der Waals surface area contributed by atoms with Crippen LogP contribution in [0.2, 0.25) is 0 Å². The molecule has 3 saturated carbocycles. The van der Waals surface area contributed by atoms with Crippen molar-refractivity contribution < 1.29 is 34.4 Å². The molecule has 4 aliphatic carbocycles. The number of aliphatic hydroxyl groups excluding tert-OH is 2. The number of hydrogen-bond donors (Lipinski definition) is 3. The third kappa shape index (κ3) is 5.12. The van der Waals surface area contributed by atoms with Crippen molar-refractivity contribution in [1.82, 2.24) is 0 Å². The van der Waals surface area contributed by atoms with Crippen LogP contribution in [0, 0.1) is 40.4 Å². The standard InChI is InChI=1S/C32H50O7/c1-17(2)18(3)15-27(36)32(8,37)26-10-9-22-21-16-25(38-19(4)33)28-29(39-20(5)34)24(35)12-14-31(28,7)23(21)11-13-30(22,26)6/h16-17,22-29,35-37H,3,9-15H2,1-2,4-8H3/t22-,23-,24-,25-,26-,27-,28-,29-,30-,31+,32+/m0/s1. The first-order valence-corrected chi connectivity index (χ1v) is 14.9. The van der Waals surface area contributed by atoms with Crippen LogP contribution in [-0.2, 0) is 19.1 Å². The molecule has 220 valence electrons. The Kier molecular flexibility index (Phi) is 8.23. The zero-order valence-electron chi connectivity index (χ0n) is 24.9. The van der Waals surface area contributed by atoms with Gasteiger partial charge in [-0.3, -0.25) is 9.59 Å². The van der Waals surface area contributed by atoms with Crippen LogP contribution in [0.4, 0.5) is 0 Å². The van der Waals surface area contributed by atoms with E-state index in [2.05, 4.69) is 40.3 Å². The summed E-state index contributed by atoms with van der Waals surface area (Å²) in [5, 5.41) is 33.9. The molecule has 0 aromatic heterocycles. The first-order chi connectivity index (χ1) is 18.0. The monoisotopic (exact) mass is 546 g/mol. The van der Waals surface area contributed by atoms with Gasteiger partial charge in [0.15, 0.2) is 0 Å². The fourth-order valence-electron chi connectivity index (χ4n) is 9.13. The Morgan fingerprint density at radius 2 is 1.64 bits per heavy atom. The van der Waals surface area contributed by atoms with Crippen LogP contribution in [0.25, 0.3) is 0 Å². The van der Waals surface area contributed by atoms with E-state index in [0.717, 1.165) is 37.7 Å². The van der Waals surface area contributed by atoms with Gasteiger partial charge in [-0.05, 0) is 92.4 Å². The molecule has 3 N–H and O–H groups in total. The number of aliphatic hydroxyl groups is 3. The quantitative estimate of drug-likeness (QED) is 0.313. The minimum absolute atomic E-state index is 0.0912. The smallest absolute Gasteiger partial charge is 0.303 e. The Labute approximate surface area is 234 Å². The lowest BCUT2D eigenvalue weighted by atomic mass is 9.46. The normalized spacial score (nSPS) is 41.8. The van der Waals surface area contributed by atoms with E-state index in [-0.39, 0.29) is 40.4 Å². The van der Waals surface area contributed by atoms with Gasteiger partial charge in [0, 0.05) is 19.8 Å².